The minimum absolute atomic E-state index is 0.0719. The summed E-state index contributed by atoms with van der Waals surface area (Å²) in [5.74, 6) is 0. The fourth-order valence-electron chi connectivity index (χ4n) is 2.73. The molecular weight excluding hydrogens is 367 g/mol. The molecule has 1 fully saturated rings. The van der Waals surface area contributed by atoms with Crippen LogP contribution in [0.2, 0.25) is 0 Å². The van der Waals surface area contributed by atoms with Gasteiger partial charge in [-0.25, -0.2) is 0 Å². The first kappa shape index (κ1) is 13.9. The zero-order chi connectivity index (χ0) is 14.1. The van der Waals surface area contributed by atoms with Gasteiger partial charge in [0.2, 0.25) is 0 Å². The molecule has 5 heteroatoms. The predicted octanol–water partition coefficient (Wildman–Crippen LogP) is 2.46. The van der Waals surface area contributed by atoms with Crippen LogP contribution in [0.5, 0.6) is 0 Å². The van der Waals surface area contributed by atoms with Crippen LogP contribution < -0.4 is 10.5 Å². The Kier molecular flexibility index (Phi) is 3.98. The molecule has 0 N–H and O–H groups in total. The second-order valence-corrected chi connectivity index (χ2v) is 6.12. The van der Waals surface area contributed by atoms with Crippen molar-refractivity contribution in [2.75, 3.05) is 31.2 Å². The molecule has 1 aliphatic heterocycles. The first-order valence-corrected chi connectivity index (χ1v) is 7.94. The Morgan fingerprint density at radius 3 is 2.70 bits per heavy atom. The molecule has 0 unspecified atom stereocenters. The molecule has 2 aromatic rings. The molecule has 0 radical (unpaired) electrons. The van der Waals surface area contributed by atoms with Crippen LogP contribution in [0.4, 0.5) is 5.69 Å². The van der Waals surface area contributed by atoms with Crippen LogP contribution in [0, 0.1) is 3.57 Å². The van der Waals surface area contributed by atoms with Gasteiger partial charge < -0.3 is 14.2 Å². The Hall–Kier alpha value is -1.08. The zero-order valence-electron chi connectivity index (χ0n) is 11.4. The number of aromatic nitrogens is 1. The normalized spacial score (nSPS) is 15.8. The standard InChI is InChI=1S/C15H17IN2O2/c1-2-18-13-4-3-11(16)9-12(13)14(10-15(18)19)17-5-7-20-8-6-17/h3-4,9-10H,2,5-8H2,1H3. The fraction of sp³-hybridized carbons (Fsp3) is 0.400. The highest BCUT2D eigenvalue weighted by Crippen LogP contribution is 2.27. The molecule has 0 amide bonds. The Labute approximate surface area is 131 Å². The molecule has 0 atom stereocenters. The SMILES string of the molecule is CCn1c(=O)cc(N2CCOCC2)c2cc(I)ccc21. The summed E-state index contributed by atoms with van der Waals surface area (Å²) in [7, 11) is 0. The predicted molar refractivity (Wildman–Crippen MR) is 89.6 cm³/mol. The van der Waals surface area contributed by atoms with Gasteiger partial charge in [0.25, 0.3) is 5.56 Å². The maximum Gasteiger partial charge on any atom is 0.253 e. The van der Waals surface area contributed by atoms with Gasteiger partial charge in [-0.2, -0.15) is 0 Å². The number of halogens is 1. The van der Waals surface area contributed by atoms with Crippen LogP contribution in [0.3, 0.4) is 0 Å². The van der Waals surface area contributed by atoms with Crippen molar-refractivity contribution in [2.45, 2.75) is 13.5 Å². The van der Waals surface area contributed by atoms with E-state index in [4.69, 9.17) is 4.74 Å². The number of hydrogen-bond acceptors (Lipinski definition) is 3. The van der Waals surface area contributed by atoms with E-state index >= 15 is 0 Å². The maximum absolute atomic E-state index is 12.3. The monoisotopic (exact) mass is 384 g/mol. The number of ether oxygens (including phenoxy) is 1. The van der Waals surface area contributed by atoms with E-state index in [-0.39, 0.29) is 5.56 Å². The molecule has 0 saturated carbocycles. The Morgan fingerprint density at radius 1 is 1.25 bits per heavy atom. The summed E-state index contributed by atoms with van der Waals surface area (Å²) >= 11 is 2.32. The lowest BCUT2D eigenvalue weighted by molar-refractivity contribution is 0.123. The van der Waals surface area contributed by atoms with Crippen molar-refractivity contribution in [3.63, 3.8) is 0 Å². The second-order valence-electron chi connectivity index (χ2n) is 4.87. The number of morpholine rings is 1. The van der Waals surface area contributed by atoms with E-state index in [0.29, 0.717) is 6.54 Å². The van der Waals surface area contributed by atoms with Gasteiger partial charge in [-0.15, -0.1) is 0 Å². The van der Waals surface area contributed by atoms with Gasteiger partial charge in [-0.3, -0.25) is 4.79 Å². The topological polar surface area (TPSA) is 34.5 Å². The van der Waals surface area contributed by atoms with Gasteiger partial charge >= 0.3 is 0 Å². The number of nitrogens with zero attached hydrogens (tertiary/aromatic N) is 2. The lowest BCUT2D eigenvalue weighted by atomic mass is 10.1. The molecule has 3 rings (SSSR count). The number of pyridine rings is 1. The van der Waals surface area contributed by atoms with Gasteiger partial charge in [0.05, 0.1) is 24.4 Å². The van der Waals surface area contributed by atoms with Gasteiger partial charge in [0.1, 0.15) is 0 Å². The number of benzene rings is 1. The minimum Gasteiger partial charge on any atom is -0.378 e. The molecule has 20 heavy (non-hydrogen) atoms. The Bertz CT molecular complexity index is 690. The third kappa shape index (κ3) is 2.44. The first-order chi connectivity index (χ1) is 9.70. The van der Waals surface area contributed by atoms with Gasteiger partial charge in [0.15, 0.2) is 0 Å². The molecule has 0 aliphatic carbocycles. The highest BCUT2D eigenvalue weighted by molar-refractivity contribution is 14.1. The van der Waals surface area contributed by atoms with E-state index in [9.17, 15) is 4.79 Å². The molecule has 1 aliphatic rings. The third-order valence-corrected chi connectivity index (χ3v) is 4.39. The highest BCUT2D eigenvalue weighted by Gasteiger charge is 2.16. The van der Waals surface area contributed by atoms with Crippen LogP contribution in [0.1, 0.15) is 6.92 Å². The third-order valence-electron chi connectivity index (χ3n) is 3.72. The Morgan fingerprint density at radius 2 is 2.00 bits per heavy atom. The van der Waals surface area contributed by atoms with Crippen LogP contribution in [-0.2, 0) is 11.3 Å². The van der Waals surface area contributed by atoms with E-state index in [2.05, 4.69) is 39.6 Å². The largest absolute Gasteiger partial charge is 0.378 e. The van der Waals surface area contributed by atoms with E-state index in [0.717, 1.165) is 42.9 Å². The molecule has 106 valence electrons. The summed E-state index contributed by atoms with van der Waals surface area (Å²) in [6.45, 7) is 5.84. The number of anilines is 1. The van der Waals surface area contributed by atoms with Gasteiger partial charge in [-0.05, 0) is 47.7 Å². The molecule has 1 saturated heterocycles. The molecule has 0 bridgehead atoms. The maximum atomic E-state index is 12.3. The van der Waals surface area contributed by atoms with Crippen molar-refractivity contribution in [1.29, 1.82) is 0 Å². The van der Waals surface area contributed by atoms with Crippen molar-refractivity contribution in [2.24, 2.45) is 0 Å². The number of aryl methyl sites for hydroxylation is 1. The summed E-state index contributed by atoms with van der Waals surface area (Å²) in [6, 6.07) is 8.03. The van der Waals surface area contributed by atoms with E-state index in [1.165, 1.54) is 3.57 Å². The average Bonchev–Trinajstić information content (AvgIpc) is 2.48. The van der Waals surface area contributed by atoms with Crippen molar-refractivity contribution in [1.82, 2.24) is 4.57 Å². The molecule has 1 aromatic heterocycles. The van der Waals surface area contributed by atoms with Crippen molar-refractivity contribution < 1.29 is 4.74 Å². The van der Waals surface area contributed by atoms with Crippen LogP contribution >= 0.6 is 22.6 Å². The number of hydrogen-bond donors (Lipinski definition) is 0. The van der Waals surface area contributed by atoms with Crippen LogP contribution in [-0.4, -0.2) is 30.9 Å². The molecule has 0 spiro atoms. The van der Waals surface area contributed by atoms with Crippen molar-refractivity contribution in [3.05, 3.63) is 38.2 Å². The quantitative estimate of drug-likeness (QED) is 0.747. The minimum atomic E-state index is 0.0719. The van der Waals surface area contributed by atoms with E-state index in [1.54, 1.807) is 6.07 Å². The number of rotatable bonds is 2. The average molecular weight is 384 g/mol. The van der Waals surface area contributed by atoms with E-state index in [1.807, 2.05) is 17.6 Å². The molecular formula is C15H17IN2O2. The Balaban J connectivity index is 2.25. The summed E-state index contributed by atoms with van der Waals surface area (Å²) in [4.78, 5) is 14.6. The summed E-state index contributed by atoms with van der Waals surface area (Å²) < 4.78 is 8.42. The lowest BCUT2D eigenvalue weighted by Gasteiger charge is -2.30. The summed E-state index contributed by atoms with van der Waals surface area (Å²) in [5.41, 5.74) is 2.13. The number of fused-ring (bicyclic) bond motifs is 1. The molecule has 4 nitrogen and oxygen atoms in total. The molecule has 1 aromatic carbocycles. The highest BCUT2D eigenvalue weighted by atomic mass is 127. The first-order valence-electron chi connectivity index (χ1n) is 6.86. The van der Waals surface area contributed by atoms with Crippen LogP contribution in [0.25, 0.3) is 10.9 Å². The smallest absolute Gasteiger partial charge is 0.253 e. The van der Waals surface area contributed by atoms with E-state index < -0.39 is 0 Å². The summed E-state index contributed by atoms with van der Waals surface area (Å²) in [5, 5.41) is 1.15. The van der Waals surface area contributed by atoms with Gasteiger partial charge in [0, 0.05) is 34.7 Å². The molecule has 2 heterocycles. The zero-order valence-corrected chi connectivity index (χ0v) is 13.6. The van der Waals surface area contributed by atoms with Crippen LogP contribution in [0.15, 0.2) is 29.1 Å². The fourth-order valence-corrected chi connectivity index (χ4v) is 3.22. The van der Waals surface area contributed by atoms with Crippen molar-refractivity contribution in [3.8, 4) is 0 Å². The van der Waals surface area contributed by atoms with Crippen molar-refractivity contribution >= 4 is 39.2 Å². The van der Waals surface area contributed by atoms with Gasteiger partial charge in [-0.1, -0.05) is 0 Å². The second kappa shape index (κ2) is 5.73. The summed E-state index contributed by atoms with van der Waals surface area (Å²) in [6.07, 6.45) is 0. The lowest BCUT2D eigenvalue weighted by Crippen LogP contribution is -2.37.